The van der Waals surface area contributed by atoms with Gasteiger partial charge in [-0.05, 0) is 31.0 Å². The van der Waals surface area contributed by atoms with E-state index in [2.05, 4.69) is 5.32 Å². The van der Waals surface area contributed by atoms with Gasteiger partial charge in [0, 0.05) is 11.4 Å². The van der Waals surface area contributed by atoms with Crippen LogP contribution in [-0.4, -0.2) is 24.1 Å². The quantitative estimate of drug-likeness (QED) is 0.876. The van der Waals surface area contributed by atoms with Crippen LogP contribution in [0.3, 0.4) is 0 Å². The summed E-state index contributed by atoms with van der Waals surface area (Å²) in [6.07, 6.45) is 1.91. The molecule has 0 aliphatic heterocycles. The highest BCUT2D eigenvalue weighted by Gasteiger charge is 2.45. The summed E-state index contributed by atoms with van der Waals surface area (Å²) in [4.78, 5) is 23.3. The molecule has 1 fully saturated rings. The Hall–Kier alpha value is -1.75. The highest BCUT2D eigenvalue weighted by atomic mass is 35.5. The normalized spacial score (nSPS) is 16.1. The predicted molar refractivity (Wildman–Crippen MR) is 75.2 cm³/mol. The standard InChI is InChI=1S/C14H16ClNO4/c1-20-11-4-3-9(15)7-10(11)16-12(17)8-14(13(18)19)5-2-6-14/h3-4,7H,2,5-6,8H2,1H3,(H,16,17)(H,18,19). The Balaban J connectivity index is 2.08. The zero-order valence-corrected chi connectivity index (χ0v) is 11.9. The van der Waals surface area contributed by atoms with Crippen LogP contribution in [0.15, 0.2) is 18.2 Å². The van der Waals surface area contributed by atoms with Gasteiger partial charge in [0.1, 0.15) is 5.75 Å². The second-order valence-electron chi connectivity index (χ2n) is 5.01. The Kier molecular flexibility index (Phi) is 4.18. The molecule has 108 valence electrons. The van der Waals surface area contributed by atoms with E-state index in [0.29, 0.717) is 29.3 Å². The van der Waals surface area contributed by atoms with Crippen LogP contribution in [0.5, 0.6) is 5.75 Å². The van der Waals surface area contributed by atoms with Gasteiger partial charge < -0.3 is 15.2 Å². The van der Waals surface area contributed by atoms with Gasteiger partial charge >= 0.3 is 5.97 Å². The molecule has 0 heterocycles. The summed E-state index contributed by atoms with van der Waals surface area (Å²) in [5.74, 6) is -0.759. The maximum absolute atomic E-state index is 12.0. The minimum absolute atomic E-state index is 0.0298. The number of nitrogens with one attached hydrogen (secondary N) is 1. The maximum Gasteiger partial charge on any atom is 0.310 e. The SMILES string of the molecule is COc1ccc(Cl)cc1NC(=O)CC1(C(=O)O)CCC1. The van der Waals surface area contributed by atoms with Crippen molar-refractivity contribution in [3.63, 3.8) is 0 Å². The van der Waals surface area contributed by atoms with Crippen LogP contribution in [0, 0.1) is 5.41 Å². The molecule has 0 radical (unpaired) electrons. The molecule has 2 rings (SSSR count). The number of carbonyl (C=O) groups is 2. The van der Waals surface area contributed by atoms with Crippen molar-refractivity contribution in [2.45, 2.75) is 25.7 Å². The maximum atomic E-state index is 12.0. The smallest absolute Gasteiger partial charge is 0.310 e. The first kappa shape index (κ1) is 14.7. The van der Waals surface area contributed by atoms with E-state index in [1.165, 1.54) is 7.11 Å². The van der Waals surface area contributed by atoms with Gasteiger partial charge in [-0.25, -0.2) is 0 Å². The van der Waals surface area contributed by atoms with Gasteiger partial charge in [0.05, 0.1) is 18.2 Å². The molecule has 1 aliphatic carbocycles. The second-order valence-corrected chi connectivity index (χ2v) is 5.45. The lowest BCUT2D eigenvalue weighted by atomic mass is 9.66. The van der Waals surface area contributed by atoms with Crippen LogP contribution in [0.4, 0.5) is 5.69 Å². The Morgan fingerprint density at radius 2 is 2.15 bits per heavy atom. The topological polar surface area (TPSA) is 75.6 Å². The van der Waals surface area contributed by atoms with Gasteiger partial charge in [-0.1, -0.05) is 18.0 Å². The zero-order valence-electron chi connectivity index (χ0n) is 11.1. The van der Waals surface area contributed by atoms with Crippen molar-refractivity contribution in [1.82, 2.24) is 0 Å². The van der Waals surface area contributed by atoms with Crippen LogP contribution < -0.4 is 10.1 Å². The average molecular weight is 298 g/mol. The summed E-state index contributed by atoms with van der Waals surface area (Å²) in [5.41, 5.74) is -0.458. The van der Waals surface area contributed by atoms with Gasteiger partial charge in [0.2, 0.25) is 5.91 Å². The van der Waals surface area contributed by atoms with Crippen molar-refractivity contribution in [3.05, 3.63) is 23.2 Å². The molecule has 1 aromatic carbocycles. The fourth-order valence-corrected chi connectivity index (χ4v) is 2.52. The Morgan fingerprint density at radius 1 is 1.45 bits per heavy atom. The number of amides is 1. The first-order valence-electron chi connectivity index (χ1n) is 6.34. The number of anilines is 1. The molecule has 1 saturated carbocycles. The number of benzene rings is 1. The third kappa shape index (κ3) is 2.88. The third-order valence-corrected chi connectivity index (χ3v) is 3.93. The number of aliphatic carboxylic acids is 1. The summed E-state index contributed by atoms with van der Waals surface area (Å²) in [5, 5.41) is 12.4. The lowest BCUT2D eigenvalue weighted by molar-refractivity contribution is -0.157. The number of halogens is 1. The van der Waals surface area contributed by atoms with Gasteiger partial charge in [-0.15, -0.1) is 0 Å². The summed E-state index contributed by atoms with van der Waals surface area (Å²) in [6.45, 7) is 0. The number of hydrogen-bond donors (Lipinski definition) is 2. The Bertz CT molecular complexity index is 540. The molecule has 0 saturated heterocycles. The van der Waals surface area contributed by atoms with E-state index < -0.39 is 11.4 Å². The summed E-state index contributed by atoms with van der Waals surface area (Å²) < 4.78 is 5.13. The average Bonchev–Trinajstić information content (AvgIpc) is 2.33. The first-order chi connectivity index (χ1) is 9.47. The number of carbonyl (C=O) groups excluding carboxylic acids is 1. The second kappa shape index (κ2) is 5.71. The molecule has 6 heteroatoms. The van der Waals surface area contributed by atoms with Crippen molar-refractivity contribution in [2.75, 3.05) is 12.4 Å². The van der Waals surface area contributed by atoms with Crippen LogP contribution >= 0.6 is 11.6 Å². The third-order valence-electron chi connectivity index (χ3n) is 3.70. The minimum Gasteiger partial charge on any atom is -0.495 e. The number of ether oxygens (including phenoxy) is 1. The van der Waals surface area contributed by atoms with Gasteiger partial charge in [-0.3, -0.25) is 9.59 Å². The lowest BCUT2D eigenvalue weighted by Crippen LogP contribution is -2.41. The number of rotatable bonds is 5. The zero-order chi connectivity index (χ0) is 14.8. The summed E-state index contributed by atoms with van der Waals surface area (Å²) in [7, 11) is 1.49. The lowest BCUT2D eigenvalue weighted by Gasteiger charge is -2.36. The number of methoxy groups -OCH3 is 1. The van der Waals surface area contributed by atoms with Gasteiger partial charge in [0.15, 0.2) is 0 Å². The molecule has 0 atom stereocenters. The van der Waals surface area contributed by atoms with E-state index in [4.69, 9.17) is 16.3 Å². The van der Waals surface area contributed by atoms with E-state index in [1.807, 2.05) is 0 Å². The van der Waals surface area contributed by atoms with E-state index in [-0.39, 0.29) is 12.3 Å². The minimum atomic E-state index is -0.907. The molecule has 1 aromatic rings. The molecular formula is C14H16ClNO4. The predicted octanol–water partition coefficient (Wildman–Crippen LogP) is 2.93. The highest BCUT2D eigenvalue weighted by Crippen LogP contribution is 2.44. The molecule has 1 aliphatic rings. The largest absolute Gasteiger partial charge is 0.495 e. The highest BCUT2D eigenvalue weighted by molar-refractivity contribution is 6.31. The number of carboxylic acids is 1. The monoisotopic (exact) mass is 297 g/mol. The molecular weight excluding hydrogens is 282 g/mol. The van der Waals surface area contributed by atoms with Crippen molar-refractivity contribution in [1.29, 1.82) is 0 Å². The van der Waals surface area contributed by atoms with Crippen molar-refractivity contribution >= 4 is 29.2 Å². The number of carboxylic acid groups (broad SMARTS) is 1. The fourth-order valence-electron chi connectivity index (χ4n) is 2.35. The summed E-state index contributed by atoms with van der Waals surface area (Å²) >= 11 is 5.88. The van der Waals surface area contributed by atoms with Crippen molar-refractivity contribution < 1.29 is 19.4 Å². The fraction of sp³-hybridized carbons (Fsp3) is 0.429. The van der Waals surface area contributed by atoms with Crippen LogP contribution in [0.2, 0.25) is 5.02 Å². The number of hydrogen-bond acceptors (Lipinski definition) is 3. The molecule has 1 amide bonds. The first-order valence-corrected chi connectivity index (χ1v) is 6.71. The van der Waals surface area contributed by atoms with E-state index in [0.717, 1.165) is 6.42 Å². The molecule has 0 unspecified atom stereocenters. The summed E-state index contributed by atoms with van der Waals surface area (Å²) in [6, 6.07) is 4.88. The van der Waals surface area contributed by atoms with Crippen molar-refractivity contribution in [2.24, 2.45) is 5.41 Å². The van der Waals surface area contributed by atoms with Crippen LogP contribution in [0.1, 0.15) is 25.7 Å². The van der Waals surface area contributed by atoms with E-state index in [1.54, 1.807) is 18.2 Å². The molecule has 2 N–H and O–H groups in total. The van der Waals surface area contributed by atoms with E-state index in [9.17, 15) is 14.7 Å². The molecule has 0 aromatic heterocycles. The molecule has 0 bridgehead atoms. The molecule has 5 nitrogen and oxygen atoms in total. The van der Waals surface area contributed by atoms with E-state index >= 15 is 0 Å². The Morgan fingerprint density at radius 3 is 2.65 bits per heavy atom. The van der Waals surface area contributed by atoms with Crippen molar-refractivity contribution in [3.8, 4) is 5.75 Å². The molecule has 0 spiro atoms. The van der Waals surface area contributed by atoms with Gasteiger partial charge in [0.25, 0.3) is 0 Å². The Labute approximate surface area is 121 Å². The van der Waals surface area contributed by atoms with Gasteiger partial charge in [-0.2, -0.15) is 0 Å². The van der Waals surface area contributed by atoms with Crippen LogP contribution in [0.25, 0.3) is 0 Å². The molecule has 20 heavy (non-hydrogen) atoms. The van der Waals surface area contributed by atoms with Crippen LogP contribution in [-0.2, 0) is 9.59 Å².